The van der Waals surface area contributed by atoms with E-state index in [1.54, 1.807) is 62.4 Å². The van der Waals surface area contributed by atoms with Crippen molar-refractivity contribution in [2.24, 2.45) is 22.7 Å². The molecule has 3 aromatic carbocycles. The molecule has 13 atom stereocenters. The van der Waals surface area contributed by atoms with Crippen LogP contribution in [-0.4, -0.2) is 257 Å². The van der Waals surface area contributed by atoms with Crippen LogP contribution in [0.3, 0.4) is 0 Å². The predicted octanol–water partition coefficient (Wildman–Crippen LogP) is -3.22. The molecule has 3 aromatic heterocycles. The second kappa shape index (κ2) is 48.5. The number of nitrogens with zero attached hydrogens (tertiary/aromatic N) is 4. The number of thioether (sulfide) groups is 1. The van der Waals surface area contributed by atoms with Gasteiger partial charge in [0.05, 0.1) is 36.8 Å². The van der Waals surface area contributed by atoms with Gasteiger partial charge < -0.3 is 120 Å². The Bertz CT molecular complexity index is 5040. The normalized spacial score (nSPS) is 21.2. The smallest absolute Gasteiger partial charge is 0.317 e. The highest BCUT2D eigenvalue weighted by molar-refractivity contribution is 8.00. The van der Waals surface area contributed by atoms with E-state index in [4.69, 9.17) is 16.0 Å². The zero-order valence-electron chi connectivity index (χ0n) is 70.1. The number of carboxylic acid groups (broad SMARTS) is 2. The van der Waals surface area contributed by atoms with E-state index in [1.165, 1.54) is 63.0 Å². The number of amides is 16. The SMILES string of the molecule is CC(=O)N[C@@H](CC(=O)O)C(=O)N[C@H]1CNC(=O)CSC[C@@H](C(=O)N[C@H](C(N)=O)[C@@H](C)O)NC(=O)[C@H](Cc2c[nH]c3ccccc23)NC(=O)[C@H](C(C)C)NC(=O)[C@H](CC(C)C)NC(=O)[C@H](CCC(=O)O)NC(=O)CNC(=O)[C@H](CCC(=O)Nc2ccc(OC(=O)CN=[N+]=[N-])cc2)NC(=O)[C@H](Cc2c[nH]cn2)NC(=O)[C@H](Cc2c[nH]c3ccccc23)NC(=O)[C@H](C)NC1=O. The molecule has 0 unspecified atom stereocenters. The number of anilines is 1. The van der Waals surface area contributed by atoms with E-state index in [0.29, 0.717) is 44.7 Å². The molecule has 1 aliphatic rings. The number of aromatic nitrogens is 4. The first-order valence-corrected chi connectivity index (χ1v) is 41.2. The number of imidazole rings is 1. The van der Waals surface area contributed by atoms with Gasteiger partial charge in [0.2, 0.25) is 94.5 Å². The number of H-pyrrole nitrogens is 3. The first kappa shape index (κ1) is 99.6. The highest BCUT2D eigenvalue weighted by atomic mass is 32.2. The predicted molar refractivity (Wildman–Crippen MR) is 452 cm³/mol. The Hall–Kier alpha value is -14.5. The van der Waals surface area contributed by atoms with Crippen molar-refractivity contribution in [3.05, 3.63) is 125 Å². The maximum absolute atomic E-state index is 15.2. The first-order chi connectivity index (χ1) is 60.2. The van der Waals surface area contributed by atoms with E-state index >= 15 is 14.4 Å². The highest BCUT2D eigenvalue weighted by Gasteiger charge is 2.39. The lowest BCUT2D eigenvalue weighted by atomic mass is 9.98. The van der Waals surface area contributed by atoms with Crippen LogP contribution >= 0.6 is 11.8 Å². The van der Waals surface area contributed by atoms with E-state index in [9.17, 15) is 92.0 Å². The van der Waals surface area contributed by atoms with E-state index in [0.717, 1.165) is 20.8 Å². The summed E-state index contributed by atoms with van der Waals surface area (Å²) >= 11 is 0.641. The van der Waals surface area contributed by atoms with E-state index in [-0.39, 0.29) is 36.4 Å². The number of nitrogens with one attached hydrogen (secondary N) is 18. The summed E-state index contributed by atoms with van der Waals surface area (Å²) in [6.45, 7) is 7.04. The van der Waals surface area contributed by atoms with Crippen LogP contribution in [-0.2, 0) is 110 Å². The number of carbonyl (C=O) groups excluding carboxylic acids is 17. The number of fused-ring (bicyclic) bond motifs is 2. The molecular weight excluding hydrogens is 1680 g/mol. The molecule has 1 fully saturated rings. The second-order valence-electron chi connectivity index (χ2n) is 30.5. The molecule has 4 heterocycles. The molecule has 0 saturated carbocycles. The van der Waals surface area contributed by atoms with Crippen LogP contribution < -0.4 is 90.2 Å². The van der Waals surface area contributed by atoms with Gasteiger partial charge in [0.15, 0.2) is 0 Å². The molecular formula is C80H103N23O23S. The minimum absolute atomic E-state index is 0.0110. The fraction of sp³-hybridized carbons (Fsp3) is 0.450. The van der Waals surface area contributed by atoms with Crippen molar-refractivity contribution < 1.29 is 111 Å². The molecule has 0 spiro atoms. The maximum Gasteiger partial charge on any atom is 0.317 e. The molecule has 0 bridgehead atoms. The lowest BCUT2D eigenvalue weighted by molar-refractivity contribution is -0.141. The van der Waals surface area contributed by atoms with Crippen molar-refractivity contribution >= 4 is 152 Å². The molecule has 0 radical (unpaired) electrons. The highest BCUT2D eigenvalue weighted by Crippen LogP contribution is 2.23. The fourth-order valence-electron chi connectivity index (χ4n) is 13.0. The van der Waals surface area contributed by atoms with Gasteiger partial charge in [0.25, 0.3) is 0 Å². The summed E-state index contributed by atoms with van der Waals surface area (Å²) in [7, 11) is 0. The molecule has 682 valence electrons. The van der Waals surface area contributed by atoms with Gasteiger partial charge in [-0.15, -0.1) is 11.8 Å². The number of carboxylic acids is 2. The summed E-state index contributed by atoms with van der Waals surface area (Å²) in [6, 6.07) is -2.29. The Balaban J connectivity index is 1.31. The number of hydrogen-bond acceptors (Lipinski definition) is 24. The van der Waals surface area contributed by atoms with Crippen molar-refractivity contribution in [1.29, 1.82) is 0 Å². The van der Waals surface area contributed by atoms with E-state index < -0.39 is 273 Å². The second-order valence-corrected chi connectivity index (χ2v) is 31.5. The summed E-state index contributed by atoms with van der Waals surface area (Å²) in [5.41, 5.74) is 16.4. The van der Waals surface area contributed by atoms with Crippen molar-refractivity contribution in [2.75, 3.05) is 36.5 Å². The molecule has 46 nitrogen and oxygen atoms in total. The number of aliphatic hydroxyl groups excluding tert-OH is 1. The zero-order chi connectivity index (χ0) is 93.3. The zero-order valence-corrected chi connectivity index (χ0v) is 70.9. The van der Waals surface area contributed by atoms with Crippen LogP contribution in [0, 0.1) is 11.8 Å². The number of azide groups is 1. The number of rotatable bonds is 28. The van der Waals surface area contributed by atoms with Gasteiger partial charge in [-0.05, 0) is 98.0 Å². The third-order valence-corrected chi connectivity index (χ3v) is 20.5. The van der Waals surface area contributed by atoms with Crippen LogP contribution in [0.2, 0.25) is 0 Å². The first-order valence-electron chi connectivity index (χ1n) is 40.1. The van der Waals surface area contributed by atoms with Gasteiger partial charge >= 0.3 is 17.9 Å². The molecule has 47 heteroatoms. The minimum atomic E-state index is -1.97. The summed E-state index contributed by atoms with van der Waals surface area (Å²) in [6.07, 6.45) is -1.02. The Morgan fingerprint density at radius 2 is 1.18 bits per heavy atom. The van der Waals surface area contributed by atoms with Crippen LogP contribution in [0.4, 0.5) is 5.69 Å². The summed E-state index contributed by atoms with van der Waals surface area (Å²) in [4.78, 5) is 281. The molecule has 23 N–H and O–H groups in total. The number of carbonyl (C=O) groups is 19. The van der Waals surface area contributed by atoms with Gasteiger partial charge in [-0.25, -0.2) is 4.98 Å². The molecule has 6 aromatic rings. The largest absolute Gasteiger partial charge is 0.481 e. The third kappa shape index (κ3) is 32.0. The van der Waals surface area contributed by atoms with Crippen molar-refractivity contribution in [1.82, 2.24) is 94.4 Å². The van der Waals surface area contributed by atoms with E-state index in [1.807, 2.05) is 0 Å². The summed E-state index contributed by atoms with van der Waals surface area (Å²) in [5.74, 6) is -24.0. The maximum atomic E-state index is 15.2. The molecule has 1 saturated heterocycles. The van der Waals surface area contributed by atoms with Crippen molar-refractivity contribution in [3.8, 4) is 5.75 Å². The number of aliphatic hydroxyl groups is 1. The lowest BCUT2D eigenvalue weighted by Gasteiger charge is -2.29. The average Bonchev–Trinajstić information content (AvgIpc) is 1.70. The molecule has 7 rings (SSSR count). The fourth-order valence-corrected chi connectivity index (χ4v) is 13.9. The van der Waals surface area contributed by atoms with Crippen LogP contribution in [0.5, 0.6) is 5.75 Å². The van der Waals surface area contributed by atoms with Crippen LogP contribution in [0.15, 0.2) is 103 Å². The van der Waals surface area contributed by atoms with Crippen LogP contribution in [0.1, 0.15) is 104 Å². The van der Waals surface area contributed by atoms with Gasteiger partial charge in [-0.2, -0.15) is 0 Å². The minimum Gasteiger partial charge on any atom is -0.481 e. The van der Waals surface area contributed by atoms with Crippen LogP contribution in [0.25, 0.3) is 32.2 Å². The topological polar surface area (TPSA) is 710 Å². The summed E-state index contributed by atoms with van der Waals surface area (Å²) < 4.78 is 5.12. The number of ether oxygens (including phenoxy) is 1. The lowest BCUT2D eigenvalue weighted by Crippen LogP contribution is -2.61. The van der Waals surface area contributed by atoms with E-state index in [2.05, 4.69) is 110 Å². The van der Waals surface area contributed by atoms with Gasteiger partial charge in [0, 0.05) is 102 Å². The Labute approximate surface area is 728 Å². The Kier molecular flexibility index (Phi) is 38.1. The molecule has 1 aliphatic heterocycles. The van der Waals surface area contributed by atoms with Gasteiger partial charge in [-0.1, -0.05) is 69.2 Å². The summed E-state index contributed by atoms with van der Waals surface area (Å²) in [5, 5.41) is 71.3. The quantitative estimate of drug-likeness (QED) is 0.00755. The number of benzene rings is 3. The Morgan fingerprint density at radius 3 is 1.75 bits per heavy atom. The Morgan fingerprint density at radius 1 is 0.622 bits per heavy atom. The monoisotopic (exact) mass is 1790 g/mol. The molecule has 127 heavy (non-hydrogen) atoms. The van der Waals surface area contributed by atoms with Crippen molar-refractivity contribution in [3.63, 3.8) is 0 Å². The average molecular weight is 1790 g/mol. The number of aromatic amines is 3. The number of para-hydroxylation sites is 2. The van der Waals surface area contributed by atoms with Gasteiger partial charge in [0.1, 0.15) is 84.8 Å². The molecule has 0 aliphatic carbocycles. The molecule has 16 amide bonds. The number of primary amides is 1. The number of esters is 1. The number of aliphatic carboxylic acids is 2. The third-order valence-electron chi connectivity index (χ3n) is 19.5. The van der Waals surface area contributed by atoms with Gasteiger partial charge in [-0.3, -0.25) is 91.1 Å². The number of hydrogen-bond donors (Lipinski definition) is 22. The standard InChI is InChI=1S/C80H103N23O23S/c1-38(2)24-54-77(122)101-67(39(3)4)80(125)98-56(26-44-30-85-51-15-11-9-13-49(44)51)74(119)100-60(79(124)102-68(41(6)104)69(81)114)35-127-36-63(108)86-32-59(99-76(121)58(28-65(111)112)91-42(7)105)78(123)90-40(5)70(115)95-55(25-43-29-84-50-14-10-8-12-48(43)50)73(118)97-57(27-46-31-83-37-88-46)75(120)94-52(71(116)87-33-62(107)93-53(72(117)96-54)21-23-64(109)110)20-22-61(106)92-45-16-18-47(19-17-45)126-66(113)34-89-103-82/h8-19,29-31,37-41,52-60,67-68,84-85,104H,20-28,32-36H2,1-7H3,(H2,81,114)(H,83,88)(H,86,108)(H,87,116)(H,90,123)(H,91,105)(H,92,106)(H,93,107)(H,94,120)(H,95,115)(H,96,117)(H,97,118)(H,98,125)(H,99,121)(H,100,119)(H,101,122)(H,102,124)(H,109,110)(H,111,112)/t40-,41+,52-,53-,54-,55-,56-,57-,58-,59-,60-,67-,68-/m0/s1. The van der Waals surface area contributed by atoms with Crippen molar-refractivity contribution in [2.45, 2.75) is 185 Å². The number of nitrogens with two attached hydrogens (primary N) is 1.